The third-order valence-corrected chi connectivity index (χ3v) is 8.16. The maximum absolute atomic E-state index is 15.4. The number of likely N-dealkylation sites (tertiary alicyclic amines) is 1. The Hall–Kier alpha value is -3.48. The van der Waals surface area contributed by atoms with E-state index in [2.05, 4.69) is 53.5 Å². The van der Waals surface area contributed by atoms with Crippen molar-refractivity contribution in [2.45, 2.75) is 40.0 Å². The van der Waals surface area contributed by atoms with Gasteiger partial charge in [-0.2, -0.15) is 0 Å². The summed E-state index contributed by atoms with van der Waals surface area (Å²) in [7, 11) is 1.82. The molecule has 3 aromatic rings. The molecule has 3 heterocycles. The minimum atomic E-state index is -0.252. The van der Waals surface area contributed by atoms with Crippen LogP contribution in [-0.4, -0.2) is 41.5 Å². The summed E-state index contributed by atoms with van der Waals surface area (Å²) in [6.45, 7) is 17.1. The van der Waals surface area contributed by atoms with Gasteiger partial charge in [-0.25, -0.2) is 9.37 Å². The van der Waals surface area contributed by atoms with Gasteiger partial charge in [-0.15, -0.1) is 11.3 Å². The van der Waals surface area contributed by atoms with Crippen molar-refractivity contribution in [1.82, 2.24) is 14.9 Å². The monoisotopic (exact) mass is 542 g/mol. The number of benzene rings is 1. The summed E-state index contributed by atoms with van der Waals surface area (Å²) >= 11 is 1.74. The van der Waals surface area contributed by atoms with Gasteiger partial charge in [0.15, 0.2) is 0 Å². The zero-order valence-electron chi connectivity index (χ0n) is 23.5. The largest absolute Gasteiger partial charge is 0.388 e. The Balaban J connectivity index is 1.67. The van der Waals surface area contributed by atoms with E-state index in [0.29, 0.717) is 12.0 Å². The second kappa shape index (κ2) is 13.0. The fourth-order valence-corrected chi connectivity index (χ4v) is 6.02. The van der Waals surface area contributed by atoms with E-state index in [9.17, 15) is 0 Å². The maximum atomic E-state index is 15.4. The van der Waals surface area contributed by atoms with Crippen LogP contribution >= 0.6 is 11.3 Å². The number of nitrogens with zero attached hydrogens (tertiary/aromatic N) is 2. The number of aromatic nitrogens is 2. The van der Waals surface area contributed by atoms with Crippen LogP contribution in [0.3, 0.4) is 0 Å². The molecule has 0 atom stereocenters. The molecular formula is C33H39FN4S. The van der Waals surface area contributed by atoms with E-state index in [0.717, 1.165) is 69.7 Å². The van der Waals surface area contributed by atoms with E-state index in [1.807, 2.05) is 45.2 Å². The molecule has 1 fully saturated rings. The molecule has 204 valence electrons. The van der Waals surface area contributed by atoms with E-state index >= 15 is 4.39 Å². The summed E-state index contributed by atoms with van der Waals surface area (Å²) in [5.41, 5.74) is 7.21. The fraction of sp³-hybridized carbons (Fsp3) is 0.303. The van der Waals surface area contributed by atoms with E-state index < -0.39 is 0 Å². The minimum Gasteiger partial charge on any atom is -0.388 e. The molecule has 2 aromatic heterocycles. The molecule has 2 N–H and O–H groups in total. The van der Waals surface area contributed by atoms with Crippen LogP contribution in [0, 0.1) is 19.7 Å². The van der Waals surface area contributed by atoms with Gasteiger partial charge in [-0.3, -0.25) is 4.90 Å². The van der Waals surface area contributed by atoms with E-state index in [1.54, 1.807) is 23.5 Å². The summed E-state index contributed by atoms with van der Waals surface area (Å²) in [5.74, 6) is 0.579. The summed E-state index contributed by atoms with van der Waals surface area (Å²) in [5, 5.41) is 3.17. The lowest BCUT2D eigenvalue weighted by molar-refractivity contribution is 0.371. The maximum Gasteiger partial charge on any atom is 0.133 e. The zero-order chi connectivity index (χ0) is 27.9. The molecule has 6 heteroatoms. The first-order valence-electron chi connectivity index (χ1n) is 13.5. The van der Waals surface area contributed by atoms with Gasteiger partial charge < -0.3 is 10.3 Å². The Kier molecular flexibility index (Phi) is 9.54. The number of aryl methyl sites for hydroxylation is 2. The molecule has 1 saturated heterocycles. The molecule has 39 heavy (non-hydrogen) atoms. The molecule has 0 bridgehead atoms. The summed E-state index contributed by atoms with van der Waals surface area (Å²) < 4.78 is 15.4. The number of hydrogen-bond acceptors (Lipinski definition) is 4. The van der Waals surface area contributed by atoms with E-state index in [-0.39, 0.29) is 5.82 Å². The number of nitrogens with one attached hydrogen (secondary N) is 2. The van der Waals surface area contributed by atoms with Crippen molar-refractivity contribution in [2.75, 3.05) is 32.0 Å². The van der Waals surface area contributed by atoms with Crippen LogP contribution in [-0.2, 0) is 6.42 Å². The van der Waals surface area contributed by atoms with Crippen LogP contribution in [0.4, 0.5) is 10.1 Å². The second-order valence-corrected chi connectivity index (χ2v) is 11.2. The van der Waals surface area contributed by atoms with Gasteiger partial charge in [0, 0.05) is 52.3 Å². The Morgan fingerprint density at radius 1 is 1.21 bits per heavy atom. The molecule has 0 aliphatic carbocycles. The Labute approximate surface area is 236 Å². The summed E-state index contributed by atoms with van der Waals surface area (Å²) in [4.78, 5) is 13.3. The van der Waals surface area contributed by atoms with Crippen LogP contribution in [0.2, 0.25) is 0 Å². The van der Waals surface area contributed by atoms with Crippen molar-refractivity contribution in [3.05, 3.63) is 117 Å². The molecule has 0 radical (unpaired) electrons. The second-order valence-electron chi connectivity index (χ2n) is 9.95. The lowest BCUT2D eigenvalue weighted by Crippen LogP contribution is -2.21. The van der Waals surface area contributed by atoms with Gasteiger partial charge in [0.25, 0.3) is 0 Å². The van der Waals surface area contributed by atoms with Crippen LogP contribution < -0.4 is 5.32 Å². The van der Waals surface area contributed by atoms with Crippen LogP contribution in [0.1, 0.15) is 57.9 Å². The van der Waals surface area contributed by atoms with E-state index in [4.69, 9.17) is 4.98 Å². The topological polar surface area (TPSA) is 44.0 Å². The van der Waals surface area contributed by atoms with Crippen molar-refractivity contribution in [3.63, 3.8) is 0 Å². The molecule has 1 aliphatic heterocycles. The fourth-order valence-electron chi connectivity index (χ4n) is 5.13. The van der Waals surface area contributed by atoms with Gasteiger partial charge in [0.1, 0.15) is 11.6 Å². The first kappa shape index (κ1) is 28.5. The number of aromatic amines is 1. The third kappa shape index (κ3) is 6.75. The van der Waals surface area contributed by atoms with Gasteiger partial charge in [-0.1, -0.05) is 43.5 Å². The number of anilines is 1. The highest BCUT2D eigenvalue weighted by atomic mass is 32.1. The summed E-state index contributed by atoms with van der Waals surface area (Å²) in [6, 6.07) is 7.78. The number of hydrogen-bond donors (Lipinski definition) is 2. The predicted octanol–water partition coefficient (Wildman–Crippen LogP) is 8.09. The highest BCUT2D eigenvalue weighted by Crippen LogP contribution is 2.32. The molecule has 4 rings (SSSR count). The quantitative estimate of drug-likeness (QED) is 0.241. The Morgan fingerprint density at radius 2 is 1.97 bits per heavy atom. The average molecular weight is 543 g/mol. The van der Waals surface area contributed by atoms with Gasteiger partial charge in [0.05, 0.1) is 5.69 Å². The van der Waals surface area contributed by atoms with Crippen LogP contribution in [0.5, 0.6) is 0 Å². The molecule has 1 aromatic carbocycles. The third-order valence-electron chi connectivity index (χ3n) is 7.13. The summed E-state index contributed by atoms with van der Waals surface area (Å²) in [6.07, 6.45) is 12.7. The van der Waals surface area contributed by atoms with E-state index in [1.165, 1.54) is 17.7 Å². The molecule has 1 aliphatic rings. The van der Waals surface area contributed by atoms with Crippen LogP contribution in [0.25, 0.3) is 11.1 Å². The number of allylic oxidation sites excluding steroid dienone is 5. The SMILES string of the molecule is C=C/C=C(/c1ccc(C)s1)c1nc(Cc2cc(C(/C=C(\C=C)CN3CCCC3)=C/C)c(F)cc2NC)[nH]c1C. The highest BCUT2D eigenvalue weighted by molar-refractivity contribution is 7.13. The molecule has 0 saturated carbocycles. The molecule has 0 amide bonds. The predicted molar refractivity (Wildman–Crippen MR) is 166 cm³/mol. The van der Waals surface area contributed by atoms with Crippen molar-refractivity contribution < 1.29 is 4.39 Å². The van der Waals surface area contributed by atoms with Gasteiger partial charge >= 0.3 is 0 Å². The lowest BCUT2D eigenvalue weighted by atomic mass is 9.97. The zero-order valence-corrected chi connectivity index (χ0v) is 24.4. The number of H-pyrrole nitrogens is 1. The van der Waals surface area contributed by atoms with Crippen molar-refractivity contribution in [1.29, 1.82) is 0 Å². The highest BCUT2D eigenvalue weighted by Gasteiger charge is 2.18. The first-order chi connectivity index (χ1) is 18.9. The average Bonchev–Trinajstić information content (AvgIpc) is 3.68. The van der Waals surface area contributed by atoms with Crippen molar-refractivity contribution in [2.24, 2.45) is 0 Å². The minimum absolute atomic E-state index is 0.252. The van der Waals surface area contributed by atoms with Crippen molar-refractivity contribution in [3.8, 4) is 0 Å². The lowest BCUT2D eigenvalue weighted by Gasteiger charge is -2.17. The first-order valence-corrected chi connectivity index (χ1v) is 14.4. The Bertz CT molecular complexity index is 1430. The normalized spacial score (nSPS) is 15.2. The number of thiophene rings is 1. The number of halogens is 1. The standard InChI is InChI=1S/C33H39FN4S/c1-7-12-27(31-14-13-22(4)39-31)33-23(5)36-32(37-33)19-26-18-28(29(34)20-30(26)35-6)25(9-3)17-24(8-2)21-38-15-10-11-16-38/h7-9,12-14,17-18,20,35H,1-2,10-11,15-16,19,21H2,3-6H3,(H,36,37)/b24-17+,25-9+,27-12-. The smallest absolute Gasteiger partial charge is 0.133 e. The number of rotatable bonds is 11. The molecular weight excluding hydrogens is 503 g/mol. The van der Waals surface area contributed by atoms with Crippen LogP contribution in [0.15, 0.2) is 73.4 Å². The molecule has 0 unspecified atom stereocenters. The van der Waals surface area contributed by atoms with Gasteiger partial charge in [0.2, 0.25) is 0 Å². The molecule has 4 nitrogen and oxygen atoms in total. The Morgan fingerprint density at radius 3 is 2.59 bits per heavy atom. The number of imidazole rings is 1. The van der Waals surface area contributed by atoms with Crippen molar-refractivity contribution >= 4 is 28.2 Å². The van der Waals surface area contributed by atoms with Gasteiger partial charge in [-0.05, 0) is 87.7 Å². The molecule has 0 spiro atoms.